The van der Waals surface area contributed by atoms with Gasteiger partial charge in [0, 0.05) is 44.8 Å². The number of nitrogens with zero attached hydrogens (tertiary/aromatic N) is 2. The zero-order valence-corrected chi connectivity index (χ0v) is 14.7. The van der Waals surface area contributed by atoms with Crippen molar-refractivity contribution in [2.24, 2.45) is 0 Å². The van der Waals surface area contributed by atoms with Crippen molar-refractivity contribution in [3.8, 4) is 11.6 Å². The third kappa shape index (κ3) is 4.73. The van der Waals surface area contributed by atoms with Crippen molar-refractivity contribution >= 4 is 5.97 Å². The van der Waals surface area contributed by atoms with Crippen LogP contribution in [0, 0.1) is 6.07 Å². The molecular weight excluding hydrogens is 487 g/mol. The number of ether oxygens (including phenoxy) is 1. The first-order valence-corrected chi connectivity index (χ1v) is 7.00. The molecule has 3 rings (SSSR count). The summed E-state index contributed by atoms with van der Waals surface area (Å²) in [5.74, 6) is 0.00514. The second-order valence-electron chi connectivity index (χ2n) is 4.81. The number of pyridine rings is 2. The molecule has 0 spiro atoms. The minimum atomic E-state index is -1.04. The van der Waals surface area contributed by atoms with Gasteiger partial charge in [-0.3, -0.25) is 0 Å². The first-order chi connectivity index (χ1) is 11.2. The van der Waals surface area contributed by atoms with E-state index in [4.69, 9.17) is 9.84 Å². The van der Waals surface area contributed by atoms with Crippen molar-refractivity contribution < 1.29 is 35.7 Å². The number of hydrogen-bond acceptors (Lipinski definition) is 4. The van der Waals surface area contributed by atoms with Crippen molar-refractivity contribution in [2.75, 3.05) is 0 Å². The van der Waals surface area contributed by atoms with Crippen LogP contribution in [0.25, 0.3) is 0 Å². The fourth-order valence-electron chi connectivity index (χ4n) is 2.07. The summed E-state index contributed by atoms with van der Waals surface area (Å²) in [5, 5.41) is 8.99. The molecule has 0 aliphatic carbocycles. The van der Waals surface area contributed by atoms with Gasteiger partial charge in [0.05, 0.1) is 0 Å². The van der Waals surface area contributed by atoms with Crippen LogP contribution in [0.15, 0.2) is 60.8 Å². The Hall–Kier alpha value is -2.52. The maximum absolute atomic E-state index is 11.0. The Morgan fingerprint density at radius 2 is 1.92 bits per heavy atom. The number of carboxylic acid groups (broad SMARTS) is 1. The van der Waals surface area contributed by atoms with Crippen LogP contribution in [-0.4, -0.2) is 21.0 Å². The molecular formula is C18H13N2O3Pt-. The van der Waals surface area contributed by atoms with E-state index >= 15 is 0 Å². The maximum Gasteiger partial charge on any atom is 0.354 e. The normalized spacial score (nSPS) is 9.83. The molecule has 0 aliphatic heterocycles. The number of carbonyl (C=O) groups is 1. The molecule has 0 saturated carbocycles. The summed E-state index contributed by atoms with van der Waals surface area (Å²) in [4.78, 5) is 19.2. The van der Waals surface area contributed by atoms with Crippen LogP contribution in [0.3, 0.4) is 0 Å². The SMILES string of the molecule is O=C(O)c1cccc(Cc2[c-]c(Oc3ccccn3)ccc2)n1.[Pt]. The number of carboxylic acids is 1. The fraction of sp³-hybridized carbons (Fsp3) is 0.0556. The van der Waals surface area contributed by atoms with Gasteiger partial charge in [0.1, 0.15) is 5.69 Å². The standard InChI is InChI=1S/C18H13N2O3.Pt/c21-18(22)16-8-4-6-14(20-16)11-13-5-3-7-15(12-13)23-17-9-1-2-10-19-17;/h1-10H,11H2,(H,21,22);/q-1;. The topological polar surface area (TPSA) is 72.3 Å². The molecule has 0 unspecified atom stereocenters. The first kappa shape index (κ1) is 17.8. The molecule has 124 valence electrons. The molecule has 5 nitrogen and oxygen atoms in total. The van der Waals surface area contributed by atoms with Crippen molar-refractivity contribution in [1.29, 1.82) is 0 Å². The van der Waals surface area contributed by atoms with E-state index < -0.39 is 5.97 Å². The van der Waals surface area contributed by atoms with Gasteiger partial charge in [-0.25, -0.2) is 14.8 Å². The Labute approximate surface area is 153 Å². The molecule has 2 heterocycles. The van der Waals surface area contributed by atoms with E-state index in [-0.39, 0.29) is 26.8 Å². The maximum atomic E-state index is 11.0. The Balaban J connectivity index is 0.00000208. The van der Waals surface area contributed by atoms with Crippen LogP contribution in [0.4, 0.5) is 0 Å². The zero-order valence-electron chi connectivity index (χ0n) is 12.5. The summed E-state index contributed by atoms with van der Waals surface area (Å²) in [6.45, 7) is 0. The predicted molar refractivity (Wildman–Crippen MR) is 83.6 cm³/mol. The van der Waals surface area contributed by atoms with Crippen LogP contribution >= 0.6 is 0 Å². The summed E-state index contributed by atoms with van der Waals surface area (Å²) >= 11 is 0. The predicted octanol–water partition coefficient (Wildman–Crippen LogP) is 3.36. The van der Waals surface area contributed by atoms with Crippen molar-refractivity contribution in [3.05, 3.63) is 83.8 Å². The quantitative estimate of drug-likeness (QED) is 0.545. The molecule has 0 bridgehead atoms. The van der Waals surface area contributed by atoms with Crippen LogP contribution in [0.2, 0.25) is 0 Å². The van der Waals surface area contributed by atoms with Crippen molar-refractivity contribution in [3.63, 3.8) is 0 Å². The molecule has 0 aliphatic rings. The van der Waals surface area contributed by atoms with E-state index in [1.165, 1.54) is 6.07 Å². The smallest absolute Gasteiger partial charge is 0.354 e. The molecule has 2 aromatic heterocycles. The van der Waals surface area contributed by atoms with Crippen molar-refractivity contribution in [1.82, 2.24) is 9.97 Å². The molecule has 0 fully saturated rings. The van der Waals surface area contributed by atoms with Crippen LogP contribution in [0.5, 0.6) is 11.6 Å². The number of aromatic carboxylic acids is 1. The molecule has 1 N–H and O–H groups in total. The summed E-state index contributed by atoms with van der Waals surface area (Å²) < 4.78 is 5.64. The minimum Gasteiger partial charge on any atom is -0.477 e. The summed E-state index contributed by atoms with van der Waals surface area (Å²) in [6, 6.07) is 19.0. The Morgan fingerprint density at radius 3 is 2.67 bits per heavy atom. The summed E-state index contributed by atoms with van der Waals surface area (Å²) in [6.07, 6.45) is 2.13. The largest absolute Gasteiger partial charge is 0.477 e. The summed E-state index contributed by atoms with van der Waals surface area (Å²) in [5.41, 5.74) is 1.55. The van der Waals surface area contributed by atoms with Crippen LogP contribution in [0.1, 0.15) is 21.7 Å². The van der Waals surface area contributed by atoms with Crippen LogP contribution < -0.4 is 4.74 Å². The molecule has 6 heteroatoms. The number of hydrogen-bond donors (Lipinski definition) is 1. The van der Waals surface area contributed by atoms with E-state index in [0.717, 1.165) is 5.56 Å². The average molecular weight is 500 g/mol. The minimum absolute atomic E-state index is 0. The van der Waals surface area contributed by atoms with E-state index in [0.29, 0.717) is 23.7 Å². The molecule has 1 aromatic carbocycles. The Morgan fingerprint density at radius 1 is 1.08 bits per heavy atom. The zero-order chi connectivity index (χ0) is 16.1. The van der Waals surface area contributed by atoms with Crippen LogP contribution in [-0.2, 0) is 27.5 Å². The number of aromatic nitrogens is 2. The first-order valence-electron chi connectivity index (χ1n) is 7.00. The molecule has 3 aromatic rings. The molecule has 0 radical (unpaired) electrons. The fourth-order valence-corrected chi connectivity index (χ4v) is 2.07. The number of rotatable bonds is 5. The van der Waals surface area contributed by atoms with Gasteiger partial charge in [-0.1, -0.05) is 12.1 Å². The molecule has 0 saturated heterocycles. The molecule has 0 amide bonds. The second kappa shape index (κ2) is 8.36. The van der Waals surface area contributed by atoms with Gasteiger partial charge in [0.2, 0.25) is 5.88 Å². The molecule has 0 atom stereocenters. The third-order valence-electron chi connectivity index (χ3n) is 3.08. The van der Waals surface area contributed by atoms with E-state index in [9.17, 15) is 4.79 Å². The monoisotopic (exact) mass is 500 g/mol. The van der Waals surface area contributed by atoms with E-state index in [1.54, 1.807) is 30.5 Å². The third-order valence-corrected chi connectivity index (χ3v) is 3.08. The van der Waals surface area contributed by atoms with Gasteiger partial charge in [0.15, 0.2) is 0 Å². The van der Waals surface area contributed by atoms with Crippen molar-refractivity contribution in [2.45, 2.75) is 6.42 Å². The second-order valence-corrected chi connectivity index (χ2v) is 4.81. The summed E-state index contributed by atoms with van der Waals surface area (Å²) in [7, 11) is 0. The van der Waals surface area contributed by atoms with Gasteiger partial charge in [0.25, 0.3) is 0 Å². The van der Waals surface area contributed by atoms with Gasteiger partial charge in [-0.05, 0) is 24.6 Å². The Bertz CT molecular complexity index is 825. The van der Waals surface area contributed by atoms with Gasteiger partial charge in [-0.15, -0.1) is 12.1 Å². The van der Waals surface area contributed by atoms with E-state index in [1.807, 2.05) is 24.3 Å². The van der Waals surface area contributed by atoms with Gasteiger partial charge >= 0.3 is 5.97 Å². The number of benzene rings is 1. The molecule has 24 heavy (non-hydrogen) atoms. The average Bonchev–Trinajstić information content (AvgIpc) is 2.56. The van der Waals surface area contributed by atoms with Gasteiger partial charge in [-0.2, -0.15) is 17.7 Å². The van der Waals surface area contributed by atoms with Gasteiger partial charge < -0.3 is 9.84 Å². The Kier molecular flexibility index (Phi) is 6.21. The van der Waals surface area contributed by atoms with E-state index in [2.05, 4.69) is 16.0 Å².